The van der Waals surface area contributed by atoms with E-state index in [2.05, 4.69) is 20.5 Å². The van der Waals surface area contributed by atoms with E-state index in [0.29, 0.717) is 11.4 Å². The molecule has 1 amide bonds. The molecule has 5 nitrogen and oxygen atoms in total. The number of carbonyl (C=O) groups is 1. The average Bonchev–Trinajstić information content (AvgIpc) is 2.98. The molecular weight excluding hydrogens is 288 g/mol. The number of H-pyrrole nitrogens is 1. The topological polar surface area (TPSA) is 70.7 Å². The van der Waals surface area contributed by atoms with E-state index < -0.39 is 0 Å². The highest BCUT2D eigenvalue weighted by atomic mass is 16.1. The zero-order chi connectivity index (χ0) is 15.8. The van der Waals surface area contributed by atoms with Gasteiger partial charge in [-0.1, -0.05) is 29.8 Å². The number of anilines is 1. The third kappa shape index (κ3) is 2.32. The highest BCUT2D eigenvalue weighted by Gasteiger charge is 2.15. The fourth-order valence-electron chi connectivity index (χ4n) is 2.69. The molecule has 2 heterocycles. The van der Waals surface area contributed by atoms with Gasteiger partial charge >= 0.3 is 0 Å². The fourth-order valence-corrected chi connectivity index (χ4v) is 2.69. The maximum Gasteiger partial charge on any atom is 0.276 e. The number of hydrogen-bond donors (Lipinski definition) is 2. The van der Waals surface area contributed by atoms with Crippen LogP contribution in [0.2, 0.25) is 0 Å². The first-order valence-electron chi connectivity index (χ1n) is 7.32. The molecule has 5 heteroatoms. The van der Waals surface area contributed by atoms with Crippen LogP contribution in [0.5, 0.6) is 0 Å². The molecule has 0 bridgehead atoms. The van der Waals surface area contributed by atoms with E-state index in [0.717, 1.165) is 27.4 Å². The Morgan fingerprint density at radius 3 is 2.91 bits per heavy atom. The second kappa shape index (κ2) is 5.21. The highest BCUT2D eigenvalue weighted by molar-refractivity contribution is 6.13. The molecular formula is C18H14N4O. The highest BCUT2D eigenvalue weighted by Crippen LogP contribution is 2.23. The number of aryl methyl sites for hydroxylation is 1. The molecule has 0 unspecified atom stereocenters. The molecule has 0 aliphatic carbocycles. The van der Waals surface area contributed by atoms with Crippen LogP contribution >= 0.6 is 0 Å². The quantitative estimate of drug-likeness (QED) is 0.593. The lowest BCUT2D eigenvalue weighted by molar-refractivity contribution is 0.102. The van der Waals surface area contributed by atoms with Gasteiger partial charge in [0.15, 0.2) is 5.69 Å². The number of benzene rings is 2. The van der Waals surface area contributed by atoms with Crippen LogP contribution in [0.1, 0.15) is 16.1 Å². The number of rotatable bonds is 2. The van der Waals surface area contributed by atoms with Crippen LogP contribution in [0.25, 0.3) is 21.8 Å². The van der Waals surface area contributed by atoms with Gasteiger partial charge in [-0.25, -0.2) is 0 Å². The van der Waals surface area contributed by atoms with Gasteiger partial charge in [0.2, 0.25) is 0 Å². The fraction of sp³-hybridized carbons (Fsp3) is 0.0556. The molecule has 0 aliphatic rings. The van der Waals surface area contributed by atoms with Crippen LogP contribution in [0.3, 0.4) is 0 Å². The van der Waals surface area contributed by atoms with E-state index in [1.807, 2.05) is 55.5 Å². The number of aromatic amines is 1. The summed E-state index contributed by atoms with van der Waals surface area (Å²) < 4.78 is 0. The van der Waals surface area contributed by atoms with E-state index in [4.69, 9.17) is 0 Å². The molecule has 112 valence electrons. The minimum Gasteiger partial charge on any atom is -0.319 e. The van der Waals surface area contributed by atoms with Crippen molar-refractivity contribution in [3.05, 3.63) is 66.0 Å². The maximum absolute atomic E-state index is 12.6. The molecule has 0 fully saturated rings. The van der Waals surface area contributed by atoms with Crippen molar-refractivity contribution in [3.8, 4) is 0 Å². The lowest BCUT2D eigenvalue weighted by atomic mass is 10.1. The lowest BCUT2D eigenvalue weighted by Crippen LogP contribution is -2.13. The summed E-state index contributed by atoms with van der Waals surface area (Å²) in [7, 11) is 0. The summed E-state index contributed by atoms with van der Waals surface area (Å²) in [5, 5.41) is 11.8. The minimum atomic E-state index is -0.250. The number of aromatic nitrogens is 3. The summed E-state index contributed by atoms with van der Waals surface area (Å²) in [4.78, 5) is 17.0. The summed E-state index contributed by atoms with van der Waals surface area (Å²) in [6.45, 7) is 1.99. The van der Waals surface area contributed by atoms with Crippen molar-refractivity contribution in [1.29, 1.82) is 0 Å². The van der Waals surface area contributed by atoms with E-state index in [1.54, 1.807) is 6.20 Å². The molecule has 0 radical (unpaired) electrons. The van der Waals surface area contributed by atoms with E-state index in [9.17, 15) is 4.79 Å². The van der Waals surface area contributed by atoms with Crippen molar-refractivity contribution in [3.63, 3.8) is 0 Å². The first-order valence-corrected chi connectivity index (χ1v) is 7.32. The first kappa shape index (κ1) is 13.5. The lowest BCUT2D eigenvalue weighted by Gasteiger charge is -2.06. The molecule has 2 aromatic heterocycles. The maximum atomic E-state index is 12.6. The molecule has 4 rings (SSSR count). The molecule has 23 heavy (non-hydrogen) atoms. The number of carbonyl (C=O) groups excluding carboxylic acids is 1. The number of para-hydroxylation sites is 1. The predicted octanol–water partition coefficient (Wildman–Crippen LogP) is 3.67. The van der Waals surface area contributed by atoms with E-state index in [1.165, 1.54) is 0 Å². The summed E-state index contributed by atoms with van der Waals surface area (Å²) in [5.74, 6) is -0.250. The van der Waals surface area contributed by atoms with Gasteiger partial charge in [-0.15, -0.1) is 0 Å². The van der Waals surface area contributed by atoms with Crippen LogP contribution in [0.15, 0.2) is 54.7 Å². The largest absolute Gasteiger partial charge is 0.319 e. The summed E-state index contributed by atoms with van der Waals surface area (Å²) in [6.07, 6.45) is 1.71. The Kier molecular flexibility index (Phi) is 3.05. The van der Waals surface area contributed by atoms with Crippen LogP contribution in [0.4, 0.5) is 5.69 Å². The van der Waals surface area contributed by atoms with Gasteiger partial charge in [-0.05, 0) is 31.2 Å². The SMILES string of the molecule is Cc1ccc2[nH]nc(C(=O)Nc3cccc4cccnc34)c2c1. The van der Waals surface area contributed by atoms with Crippen LogP contribution in [-0.2, 0) is 0 Å². The van der Waals surface area contributed by atoms with Crippen molar-refractivity contribution in [2.45, 2.75) is 6.92 Å². The average molecular weight is 302 g/mol. The van der Waals surface area contributed by atoms with Crippen molar-refractivity contribution in [2.75, 3.05) is 5.32 Å². The monoisotopic (exact) mass is 302 g/mol. The van der Waals surface area contributed by atoms with Gasteiger partial charge in [0.25, 0.3) is 5.91 Å². The first-order chi connectivity index (χ1) is 11.2. The Hall–Kier alpha value is -3.21. The van der Waals surface area contributed by atoms with Crippen molar-refractivity contribution < 1.29 is 4.79 Å². The normalized spacial score (nSPS) is 11.0. The van der Waals surface area contributed by atoms with Gasteiger partial charge in [-0.3, -0.25) is 14.9 Å². The second-order valence-corrected chi connectivity index (χ2v) is 5.46. The Labute approximate surface area is 132 Å². The summed E-state index contributed by atoms with van der Waals surface area (Å²) in [6, 6.07) is 15.4. The number of amides is 1. The van der Waals surface area contributed by atoms with Crippen molar-refractivity contribution >= 4 is 33.4 Å². The Morgan fingerprint density at radius 1 is 1.13 bits per heavy atom. The second-order valence-electron chi connectivity index (χ2n) is 5.46. The van der Waals surface area contributed by atoms with Gasteiger partial charge in [0, 0.05) is 17.0 Å². The van der Waals surface area contributed by atoms with Crippen LogP contribution in [-0.4, -0.2) is 21.1 Å². The number of pyridine rings is 1. The molecule has 2 N–H and O–H groups in total. The molecule has 2 aromatic carbocycles. The minimum absolute atomic E-state index is 0.250. The zero-order valence-electron chi connectivity index (χ0n) is 12.5. The van der Waals surface area contributed by atoms with Gasteiger partial charge in [0.05, 0.1) is 16.7 Å². The number of nitrogens with one attached hydrogen (secondary N) is 2. The molecule has 0 saturated carbocycles. The molecule has 0 spiro atoms. The van der Waals surface area contributed by atoms with Crippen molar-refractivity contribution in [2.24, 2.45) is 0 Å². The summed E-state index contributed by atoms with van der Waals surface area (Å²) >= 11 is 0. The number of hydrogen-bond acceptors (Lipinski definition) is 3. The predicted molar refractivity (Wildman–Crippen MR) is 90.5 cm³/mol. The zero-order valence-corrected chi connectivity index (χ0v) is 12.5. The Bertz CT molecular complexity index is 1030. The Balaban J connectivity index is 1.75. The third-order valence-electron chi connectivity index (χ3n) is 3.81. The van der Waals surface area contributed by atoms with Gasteiger partial charge in [-0.2, -0.15) is 5.10 Å². The molecule has 0 atom stereocenters. The number of nitrogens with zero attached hydrogens (tertiary/aromatic N) is 2. The van der Waals surface area contributed by atoms with Crippen molar-refractivity contribution in [1.82, 2.24) is 15.2 Å². The van der Waals surface area contributed by atoms with Crippen LogP contribution in [0, 0.1) is 6.92 Å². The van der Waals surface area contributed by atoms with E-state index >= 15 is 0 Å². The smallest absolute Gasteiger partial charge is 0.276 e. The molecule has 4 aromatic rings. The standard InChI is InChI=1S/C18H14N4O/c1-11-7-8-14-13(10-11)17(22-21-14)18(23)20-15-6-2-4-12-5-3-9-19-16(12)15/h2-10H,1H3,(H,20,23)(H,21,22). The van der Waals surface area contributed by atoms with E-state index in [-0.39, 0.29) is 5.91 Å². The summed E-state index contributed by atoms with van der Waals surface area (Å²) in [5.41, 5.74) is 3.75. The van der Waals surface area contributed by atoms with Gasteiger partial charge in [0.1, 0.15) is 0 Å². The third-order valence-corrected chi connectivity index (χ3v) is 3.81. The van der Waals surface area contributed by atoms with Gasteiger partial charge < -0.3 is 5.32 Å². The Morgan fingerprint density at radius 2 is 2.00 bits per heavy atom. The van der Waals surface area contributed by atoms with Crippen LogP contribution < -0.4 is 5.32 Å². The molecule has 0 aliphatic heterocycles. The molecule has 0 saturated heterocycles. The number of fused-ring (bicyclic) bond motifs is 2.